The Morgan fingerprint density at radius 1 is 1.37 bits per heavy atom. The second kappa shape index (κ2) is 5.97. The molecular weight excluding hydrogens is 260 g/mol. The van der Waals surface area contributed by atoms with E-state index in [1.807, 2.05) is 6.07 Å². The molecule has 19 heavy (non-hydrogen) atoms. The molecule has 0 aliphatic carbocycles. The molecule has 0 N–H and O–H groups in total. The van der Waals surface area contributed by atoms with Gasteiger partial charge in [0.25, 0.3) is 0 Å². The number of fused-ring (bicyclic) bond motifs is 1. The van der Waals surface area contributed by atoms with Crippen LogP contribution in [0.3, 0.4) is 0 Å². The average Bonchev–Trinajstić information content (AvgIpc) is 2.93. The Morgan fingerprint density at radius 3 is 3.16 bits per heavy atom. The highest BCUT2D eigenvalue weighted by Crippen LogP contribution is 2.26. The van der Waals surface area contributed by atoms with Gasteiger partial charge in [-0.05, 0) is 23.6 Å². The van der Waals surface area contributed by atoms with Crippen molar-refractivity contribution in [3.05, 3.63) is 29.3 Å². The van der Waals surface area contributed by atoms with Gasteiger partial charge in [0.05, 0.1) is 13.2 Å². The van der Waals surface area contributed by atoms with E-state index < -0.39 is 0 Å². The van der Waals surface area contributed by atoms with Crippen LogP contribution in [0.1, 0.15) is 17.5 Å². The van der Waals surface area contributed by atoms with Crippen LogP contribution in [0.15, 0.2) is 18.2 Å². The summed E-state index contributed by atoms with van der Waals surface area (Å²) in [5.41, 5.74) is 2.50. The molecule has 1 unspecified atom stereocenters. The van der Waals surface area contributed by atoms with Crippen LogP contribution >= 0.6 is 11.8 Å². The van der Waals surface area contributed by atoms with Crippen LogP contribution in [0, 0.1) is 0 Å². The third-order valence-electron chi connectivity index (χ3n) is 3.59. The van der Waals surface area contributed by atoms with Crippen molar-refractivity contribution in [2.75, 3.05) is 24.7 Å². The van der Waals surface area contributed by atoms with Crippen molar-refractivity contribution in [1.82, 2.24) is 0 Å². The second-order valence-corrected chi connectivity index (χ2v) is 6.09. The van der Waals surface area contributed by atoms with Crippen molar-refractivity contribution < 1.29 is 14.3 Å². The van der Waals surface area contributed by atoms with Crippen molar-refractivity contribution in [2.24, 2.45) is 0 Å². The fraction of sp³-hybridized carbons (Fsp3) is 0.533. The molecule has 0 aromatic heterocycles. The maximum Gasteiger partial charge on any atom is 0.162 e. The smallest absolute Gasteiger partial charge is 0.162 e. The van der Waals surface area contributed by atoms with E-state index in [2.05, 4.69) is 12.1 Å². The van der Waals surface area contributed by atoms with Gasteiger partial charge >= 0.3 is 0 Å². The van der Waals surface area contributed by atoms with Gasteiger partial charge in [-0.2, -0.15) is 11.8 Å². The number of carbonyl (C=O) groups excluding carboxylic acids is 1. The minimum Gasteiger partial charge on any atom is -0.493 e. The quantitative estimate of drug-likeness (QED) is 0.846. The largest absolute Gasteiger partial charge is 0.493 e. The van der Waals surface area contributed by atoms with E-state index in [1.165, 1.54) is 11.1 Å². The minimum atomic E-state index is -0.184. The zero-order chi connectivity index (χ0) is 13.1. The summed E-state index contributed by atoms with van der Waals surface area (Å²) in [4.78, 5) is 12.0. The Balaban J connectivity index is 1.55. The monoisotopic (exact) mass is 278 g/mol. The van der Waals surface area contributed by atoms with Gasteiger partial charge in [0.15, 0.2) is 5.78 Å². The lowest BCUT2D eigenvalue weighted by Gasteiger charge is -2.20. The van der Waals surface area contributed by atoms with E-state index in [0.29, 0.717) is 13.0 Å². The lowest BCUT2D eigenvalue weighted by atomic mass is 10.0. The lowest BCUT2D eigenvalue weighted by Crippen LogP contribution is -2.31. The number of benzene rings is 1. The van der Waals surface area contributed by atoms with Gasteiger partial charge in [0.2, 0.25) is 0 Å². The van der Waals surface area contributed by atoms with Gasteiger partial charge in [-0.3, -0.25) is 4.79 Å². The number of aryl methyl sites for hydroxylation is 1. The minimum absolute atomic E-state index is 0.184. The van der Waals surface area contributed by atoms with Gasteiger partial charge < -0.3 is 9.47 Å². The number of carbonyl (C=O) groups is 1. The van der Waals surface area contributed by atoms with E-state index in [-0.39, 0.29) is 11.9 Å². The van der Waals surface area contributed by atoms with Crippen molar-refractivity contribution in [3.8, 4) is 5.75 Å². The number of rotatable bonds is 4. The first-order valence-electron chi connectivity index (χ1n) is 6.79. The molecule has 0 bridgehead atoms. The van der Waals surface area contributed by atoms with E-state index in [9.17, 15) is 4.79 Å². The Kier molecular flexibility index (Phi) is 4.09. The number of hydrogen-bond donors (Lipinski definition) is 0. The first-order valence-corrected chi connectivity index (χ1v) is 7.95. The molecule has 2 heterocycles. The molecule has 1 atom stereocenters. The highest BCUT2D eigenvalue weighted by atomic mass is 32.2. The van der Waals surface area contributed by atoms with Crippen LogP contribution in [-0.2, 0) is 22.4 Å². The fourth-order valence-electron chi connectivity index (χ4n) is 2.50. The lowest BCUT2D eigenvalue weighted by molar-refractivity contribution is -0.129. The molecular formula is C15H18O3S. The van der Waals surface area contributed by atoms with Gasteiger partial charge in [-0.25, -0.2) is 0 Å². The third-order valence-corrected chi connectivity index (χ3v) is 4.58. The van der Waals surface area contributed by atoms with Crippen LogP contribution in [0.5, 0.6) is 5.75 Å². The van der Waals surface area contributed by atoms with Crippen LogP contribution in [0.4, 0.5) is 0 Å². The average molecular weight is 278 g/mol. The van der Waals surface area contributed by atoms with Crippen molar-refractivity contribution in [3.63, 3.8) is 0 Å². The number of ether oxygens (including phenoxy) is 2. The zero-order valence-corrected chi connectivity index (χ0v) is 11.7. The molecule has 4 heteroatoms. The van der Waals surface area contributed by atoms with Crippen LogP contribution in [0.2, 0.25) is 0 Å². The maximum atomic E-state index is 12.0. The van der Waals surface area contributed by atoms with Crippen LogP contribution in [0.25, 0.3) is 0 Å². The van der Waals surface area contributed by atoms with E-state index >= 15 is 0 Å². The standard InChI is InChI=1S/C15H18O3S/c16-13(15-10-19-8-7-18-15)3-1-11-2-4-14-12(9-11)5-6-17-14/h2,4,9,15H,1,3,5-8,10H2. The normalized spacial score (nSPS) is 21.8. The van der Waals surface area contributed by atoms with Crippen molar-refractivity contribution in [2.45, 2.75) is 25.4 Å². The SMILES string of the molecule is O=C(CCc1ccc2c(c1)CCO2)C1CSCCO1. The van der Waals surface area contributed by atoms with Crippen molar-refractivity contribution >= 4 is 17.5 Å². The summed E-state index contributed by atoms with van der Waals surface area (Å²) in [6, 6.07) is 6.26. The predicted octanol–water partition coefficient (Wildman–Crippen LogP) is 2.26. The molecule has 1 aromatic carbocycles. The number of hydrogen-bond acceptors (Lipinski definition) is 4. The van der Waals surface area contributed by atoms with Crippen LogP contribution in [-0.4, -0.2) is 36.6 Å². The van der Waals surface area contributed by atoms with Gasteiger partial charge in [0.1, 0.15) is 11.9 Å². The second-order valence-electron chi connectivity index (χ2n) is 4.94. The van der Waals surface area contributed by atoms with E-state index in [1.54, 1.807) is 11.8 Å². The number of ketones is 1. The highest BCUT2D eigenvalue weighted by Gasteiger charge is 2.22. The summed E-state index contributed by atoms with van der Waals surface area (Å²) in [5.74, 6) is 3.07. The summed E-state index contributed by atoms with van der Waals surface area (Å²) in [6.07, 6.45) is 2.18. The molecule has 3 rings (SSSR count). The summed E-state index contributed by atoms with van der Waals surface area (Å²) in [6.45, 7) is 1.49. The Hall–Kier alpha value is -1.00. The summed E-state index contributed by atoms with van der Waals surface area (Å²) in [5, 5.41) is 0. The number of Topliss-reactive ketones (excluding diaryl/α,β-unsaturated/α-hetero) is 1. The topological polar surface area (TPSA) is 35.5 Å². The van der Waals surface area contributed by atoms with E-state index in [0.717, 1.165) is 36.7 Å². The van der Waals surface area contributed by atoms with Gasteiger partial charge in [-0.15, -0.1) is 0 Å². The van der Waals surface area contributed by atoms with E-state index in [4.69, 9.17) is 9.47 Å². The molecule has 2 aliphatic rings. The van der Waals surface area contributed by atoms with Crippen molar-refractivity contribution in [1.29, 1.82) is 0 Å². The summed E-state index contributed by atoms with van der Waals surface area (Å²) < 4.78 is 11.0. The molecule has 2 aliphatic heterocycles. The maximum absolute atomic E-state index is 12.0. The molecule has 1 saturated heterocycles. The zero-order valence-electron chi connectivity index (χ0n) is 10.9. The summed E-state index contributed by atoms with van der Waals surface area (Å²) >= 11 is 1.81. The predicted molar refractivity (Wildman–Crippen MR) is 76.0 cm³/mol. The third kappa shape index (κ3) is 3.12. The first kappa shape index (κ1) is 13.0. The Bertz CT molecular complexity index is 466. The molecule has 0 amide bonds. The molecule has 0 spiro atoms. The molecule has 102 valence electrons. The first-order chi connectivity index (χ1) is 9.33. The molecule has 1 fully saturated rings. The molecule has 3 nitrogen and oxygen atoms in total. The summed E-state index contributed by atoms with van der Waals surface area (Å²) in [7, 11) is 0. The van der Waals surface area contributed by atoms with Gasteiger partial charge in [-0.1, -0.05) is 12.1 Å². The molecule has 1 aromatic rings. The Labute approximate surface area is 117 Å². The number of thioether (sulfide) groups is 1. The fourth-order valence-corrected chi connectivity index (χ4v) is 3.37. The Morgan fingerprint density at radius 2 is 2.32 bits per heavy atom. The highest BCUT2D eigenvalue weighted by molar-refractivity contribution is 7.99. The van der Waals surface area contributed by atoms with Gasteiger partial charge in [0, 0.05) is 24.3 Å². The molecule has 0 radical (unpaired) electrons. The van der Waals surface area contributed by atoms with Crippen LogP contribution < -0.4 is 4.74 Å². The molecule has 0 saturated carbocycles.